The Kier molecular flexibility index (Phi) is 4.53. The van der Waals surface area contributed by atoms with Gasteiger partial charge in [-0.25, -0.2) is 0 Å². The summed E-state index contributed by atoms with van der Waals surface area (Å²) in [5.41, 5.74) is 1.41. The summed E-state index contributed by atoms with van der Waals surface area (Å²) >= 11 is 0. The lowest BCUT2D eigenvalue weighted by atomic mass is 10.0. The van der Waals surface area contributed by atoms with Crippen molar-refractivity contribution >= 4 is 5.78 Å². The number of carbonyl (C=O) groups is 1. The molecule has 90 valence electrons. The van der Waals surface area contributed by atoms with Crippen molar-refractivity contribution in [2.75, 3.05) is 14.2 Å². The zero-order chi connectivity index (χ0) is 12.8. The number of methoxy groups -OCH3 is 2. The van der Waals surface area contributed by atoms with Crippen LogP contribution in [0.5, 0.6) is 11.5 Å². The van der Waals surface area contributed by atoms with Gasteiger partial charge < -0.3 is 9.47 Å². The molecule has 0 unspecified atom stereocenters. The van der Waals surface area contributed by atoms with Crippen molar-refractivity contribution in [2.45, 2.75) is 19.8 Å². The molecule has 0 aliphatic rings. The summed E-state index contributed by atoms with van der Waals surface area (Å²) in [4.78, 5) is 11.8. The van der Waals surface area contributed by atoms with E-state index in [-0.39, 0.29) is 18.6 Å². The second-order valence-corrected chi connectivity index (χ2v) is 3.60. The van der Waals surface area contributed by atoms with Crippen molar-refractivity contribution in [2.24, 2.45) is 0 Å². The van der Waals surface area contributed by atoms with E-state index >= 15 is 0 Å². The summed E-state index contributed by atoms with van der Waals surface area (Å²) in [5, 5.41) is 8.47. The molecule has 0 amide bonds. The molecule has 0 fully saturated rings. The molecule has 0 radical (unpaired) electrons. The van der Waals surface area contributed by atoms with Gasteiger partial charge in [-0.3, -0.25) is 4.79 Å². The number of hydrogen-bond acceptors (Lipinski definition) is 4. The van der Waals surface area contributed by atoms with Crippen molar-refractivity contribution in [1.82, 2.24) is 0 Å². The van der Waals surface area contributed by atoms with Gasteiger partial charge in [0.25, 0.3) is 0 Å². The second-order valence-electron chi connectivity index (χ2n) is 3.60. The van der Waals surface area contributed by atoms with E-state index in [9.17, 15) is 4.79 Å². The molecule has 1 aromatic carbocycles. The number of aryl methyl sites for hydroxylation is 1. The van der Waals surface area contributed by atoms with Crippen LogP contribution in [0.4, 0.5) is 0 Å². The number of Topliss-reactive ketones (excluding diaryl/α,β-unsaturated/α-hetero) is 1. The summed E-state index contributed by atoms with van der Waals surface area (Å²) in [5.74, 6) is 1.07. The highest BCUT2D eigenvalue weighted by atomic mass is 16.5. The normalized spacial score (nSPS) is 9.53. The Morgan fingerprint density at radius 1 is 1.29 bits per heavy atom. The molecule has 1 aromatic rings. The van der Waals surface area contributed by atoms with E-state index in [1.54, 1.807) is 19.2 Å². The summed E-state index contributed by atoms with van der Waals surface area (Å²) in [6.07, 6.45) is 0.458. The van der Waals surface area contributed by atoms with Crippen molar-refractivity contribution < 1.29 is 14.3 Å². The quantitative estimate of drug-likeness (QED) is 0.733. The number of hydrogen-bond donors (Lipinski definition) is 0. The van der Waals surface area contributed by atoms with Crippen LogP contribution >= 0.6 is 0 Å². The molecule has 0 aromatic heterocycles. The van der Waals surface area contributed by atoms with Crippen LogP contribution in [0, 0.1) is 18.3 Å². The zero-order valence-electron chi connectivity index (χ0n) is 10.2. The van der Waals surface area contributed by atoms with Crippen molar-refractivity contribution in [3.63, 3.8) is 0 Å². The van der Waals surface area contributed by atoms with Gasteiger partial charge in [-0.1, -0.05) is 0 Å². The molecule has 0 heterocycles. The van der Waals surface area contributed by atoms with Gasteiger partial charge in [-0.15, -0.1) is 0 Å². The van der Waals surface area contributed by atoms with E-state index < -0.39 is 0 Å². The number of nitriles is 1. The minimum Gasteiger partial charge on any atom is -0.493 e. The molecule has 0 atom stereocenters. The SMILES string of the molecule is COc1cc(C)c(C(=O)CCC#N)cc1OC. The average Bonchev–Trinajstić information content (AvgIpc) is 2.35. The number of benzene rings is 1. The maximum atomic E-state index is 11.8. The molecular weight excluding hydrogens is 218 g/mol. The fraction of sp³-hybridized carbons (Fsp3) is 0.385. The van der Waals surface area contributed by atoms with E-state index in [0.717, 1.165) is 5.56 Å². The van der Waals surface area contributed by atoms with Crippen LogP contribution < -0.4 is 9.47 Å². The number of ether oxygens (including phenoxy) is 2. The van der Waals surface area contributed by atoms with E-state index in [2.05, 4.69) is 0 Å². The van der Waals surface area contributed by atoms with Crippen LogP contribution in [0.15, 0.2) is 12.1 Å². The third-order valence-corrected chi connectivity index (χ3v) is 2.49. The molecule has 0 aliphatic heterocycles. The van der Waals surface area contributed by atoms with Crippen LogP contribution in [0.2, 0.25) is 0 Å². The van der Waals surface area contributed by atoms with Crippen LogP contribution in [0.3, 0.4) is 0 Å². The highest BCUT2D eigenvalue weighted by molar-refractivity contribution is 5.98. The van der Waals surface area contributed by atoms with Crippen LogP contribution in [-0.2, 0) is 0 Å². The van der Waals surface area contributed by atoms with Crippen molar-refractivity contribution in [3.05, 3.63) is 23.3 Å². The van der Waals surface area contributed by atoms with E-state index in [4.69, 9.17) is 14.7 Å². The van der Waals surface area contributed by atoms with Crippen molar-refractivity contribution in [1.29, 1.82) is 5.26 Å². The Hall–Kier alpha value is -2.02. The lowest BCUT2D eigenvalue weighted by Gasteiger charge is -2.11. The molecule has 0 spiro atoms. The minimum absolute atomic E-state index is 0.0509. The third kappa shape index (κ3) is 2.97. The van der Waals surface area contributed by atoms with Gasteiger partial charge in [0.05, 0.1) is 20.3 Å². The predicted molar refractivity (Wildman–Crippen MR) is 63.5 cm³/mol. The molecular formula is C13H15NO3. The first-order valence-corrected chi connectivity index (χ1v) is 5.26. The lowest BCUT2D eigenvalue weighted by Crippen LogP contribution is -2.03. The number of rotatable bonds is 5. The van der Waals surface area contributed by atoms with Crippen LogP contribution in [0.25, 0.3) is 0 Å². The Morgan fingerprint density at radius 2 is 1.88 bits per heavy atom. The Bertz CT molecular complexity index is 460. The van der Waals surface area contributed by atoms with E-state index in [0.29, 0.717) is 17.1 Å². The summed E-state index contributed by atoms with van der Waals surface area (Å²) in [7, 11) is 3.07. The maximum Gasteiger partial charge on any atom is 0.164 e. The number of nitrogens with zero attached hydrogens (tertiary/aromatic N) is 1. The standard InChI is InChI=1S/C13H15NO3/c1-9-7-12(16-2)13(17-3)8-10(9)11(15)5-4-6-14/h7-8H,4-5H2,1-3H3. The summed E-state index contributed by atoms with van der Waals surface area (Å²) in [6, 6.07) is 5.39. The Labute approximate surface area is 101 Å². The first kappa shape index (κ1) is 13.0. The molecule has 4 nitrogen and oxygen atoms in total. The maximum absolute atomic E-state index is 11.8. The molecule has 17 heavy (non-hydrogen) atoms. The first-order chi connectivity index (χ1) is 8.13. The second kappa shape index (κ2) is 5.90. The molecule has 0 saturated heterocycles. The van der Waals surface area contributed by atoms with Gasteiger partial charge in [0.1, 0.15) is 0 Å². The largest absolute Gasteiger partial charge is 0.493 e. The molecule has 4 heteroatoms. The predicted octanol–water partition coefficient (Wildman–Crippen LogP) is 2.50. The Morgan fingerprint density at radius 3 is 2.41 bits per heavy atom. The highest BCUT2D eigenvalue weighted by Gasteiger charge is 2.13. The average molecular weight is 233 g/mol. The van der Waals surface area contributed by atoms with Gasteiger partial charge in [0.2, 0.25) is 0 Å². The third-order valence-electron chi connectivity index (χ3n) is 2.49. The lowest BCUT2D eigenvalue weighted by molar-refractivity contribution is 0.0983. The van der Waals surface area contributed by atoms with E-state index in [1.807, 2.05) is 13.0 Å². The van der Waals surface area contributed by atoms with Gasteiger partial charge in [0, 0.05) is 18.4 Å². The van der Waals surface area contributed by atoms with Gasteiger partial charge >= 0.3 is 0 Å². The van der Waals surface area contributed by atoms with E-state index in [1.165, 1.54) is 7.11 Å². The summed E-state index contributed by atoms with van der Waals surface area (Å²) in [6.45, 7) is 1.83. The van der Waals surface area contributed by atoms with Gasteiger partial charge in [-0.05, 0) is 24.6 Å². The number of ketones is 1. The topological polar surface area (TPSA) is 59.3 Å². The first-order valence-electron chi connectivity index (χ1n) is 5.26. The molecule has 1 rings (SSSR count). The fourth-order valence-electron chi connectivity index (χ4n) is 1.59. The van der Waals surface area contributed by atoms with Gasteiger partial charge in [0.15, 0.2) is 17.3 Å². The van der Waals surface area contributed by atoms with Crippen molar-refractivity contribution in [3.8, 4) is 17.6 Å². The highest BCUT2D eigenvalue weighted by Crippen LogP contribution is 2.30. The van der Waals surface area contributed by atoms with Gasteiger partial charge in [-0.2, -0.15) is 5.26 Å². The molecule has 0 bridgehead atoms. The fourth-order valence-corrected chi connectivity index (χ4v) is 1.59. The summed E-state index contributed by atoms with van der Waals surface area (Å²) < 4.78 is 10.3. The molecule has 0 saturated carbocycles. The monoisotopic (exact) mass is 233 g/mol. The van der Waals surface area contributed by atoms with Crippen LogP contribution in [0.1, 0.15) is 28.8 Å². The number of carbonyl (C=O) groups excluding carboxylic acids is 1. The zero-order valence-corrected chi connectivity index (χ0v) is 10.2. The minimum atomic E-state index is -0.0509. The molecule has 0 aliphatic carbocycles. The Balaban J connectivity index is 3.09. The molecule has 0 N–H and O–H groups in total. The van der Waals surface area contributed by atoms with Crippen LogP contribution in [-0.4, -0.2) is 20.0 Å². The smallest absolute Gasteiger partial charge is 0.164 e.